The van der Waals surface area contributed by atoms with Crippen LogP contribution in [0.1, 0.15) is 18.4 Å². The van der Waals surface area contributed by atoms with E-state index in [-0.39, 0.29) is 5.54 Å². The molecule has 0 aromatic heterocycles. The fourth-order valence-corrected chi connectivity index (χ4v) is 5.38. The molecule has 1 spiro atoms. The second-order valence-corrected chi connectivity index (χ2v) is 8.95. The summed E-state index contributed by atoms with van der Waals surface area (Å²) in [7, 11) is 0. The summed E-state index contributed by atoms with van der Waals surface area (Å²) in [5.41, 5.74) is 5.95. The summed E-state index contributed by atoms with van der Waals surface area (Å²) in [6.07, 6.45) is 2.20. The molecule has 1 fully saturated rings. The summed E-state index contributed by atoms with van der Waals surface area (Å²) in [4.78, 5) is 5.10. The molecule has 4 heteroatoms. The normalized spacial score (nSPS) is 18.7. The number of nitrogens with zero attached hydrogens (tertiary/aromatic N) is 1. The molecule has 2 heterocycles. The van der Waals surface area contributed by atoms with Crippen LogP contribution in [-0.4, -0.2) is 22.9 Å². The van der Waals surface area contributed by atoms with Crippen LogP contribution < -0.4 is 10.6 Å². The Labute approximate surface area is 176 Å². The van der Waals surface area contributed by atoms with Gasteiger partial charge in [0.2, 0.25) is 0 Å². The molecular weight excluding hydrogens is 374 g/mol. The zero-order valence-electron chi connectivity index (χ0n) is 16.4. The molecule has 2 N–H and O–H groups in total. The van der Waals surface area contributed by atoms with Crippen molar-refractivity contribution in [2.45, 2.75) is 24.9 Å². The predicted molar refractivity (Wildman–Crippen MR) is 126 cm³/mol. The number of para-hydroxylation sites is 2. The average Bonchev–Trinajstić information content (AvgIpc) is 2.79. The van der Waals surface area contributed by atoms with Crippen LogP contribution in [-0.2, 0) is 6.54 Å². The van der Waals surface area contributed by atoms with Gasteiger partial charge in [-0.2, -0.15) is 11.8 Å². The maximum atomic E-state index is 5.10. The van der Waals surface area contributed by atoms with E-state index in [4.69, 9.17) is 4.99 Å². The lowest BCUT2D eigenvalue weighted by molar-refractivity contribution is 0.560. The first-order chi connectivity index (χ1) is 14.3. The Morgan fingerprint density at radius 3 is 2.34 bits per heavy atom. The molecule has 0 amide bonds. The molecule has 3 aromatic rings. The Balaban J connectivity index is 1.44. The predicted octanol–water partition coefficient (Wildman–Crippen LogP) is 6.06. The molecule has 5 rings (SSSR count). The lowest BCUT2D eigenvalue weighted by Crippen LogP contribution is -2.54. The summed E-state index contributed by atoms with van der Waals surface area (Å²) in [6.45, 7) is 0.682. The molecule has 0 bridgehead atoms. The van der Waals surface area contributed by atoms with Crippen LogP contribution in [0.5, 0.6) is 0 Å². The van der Waals surface area contributed by atoms with E-state index in [9.17, 15) is 0 Å². The molecule has 0 aliphatic carbocycles. The van der Waals surface area contributed by atoms with Gasteiger partial charge in [0.25, 0.3) is 0 Å². The van der Waals surface area contributed by atoms with Gasteiger partial charge in [0.15, 0.2) is 0 Å². The van der Waals surface area contributed by atoms with E-state index < -0.39 is 0 Å². The highest BCUT2D eigenvalue weighted by Gasteiger charge is 2.40. The van der Waals surface area contributed by atoms with E-state index >= 15 is 0 Å². The standard InChI is InChI=1S/C25H25N3S/c1-2-8-20(9-3-1)21-10-6-7-19(17-21)18-26-24-25(13-15-29-16-14-25)28-23-12-5-4-11-22(23)27-24/h1-12,17,28H,13-16,18H2,(H,26,27). The Hall–Kier alpha value is -2.72. The number of nitrogens with one attached hydrogen (secondary N) is 2. The number of amidine groups is 1. The van der Waals surface area contributed by atoms with Crippen LogP contribution in [0.4, 0.5) is 11.4 Å². The number of anilines is 2. The van der Waals surface area contributed by atoms with Crippen molar-refractivity contribution in [2.75, 3.05) is 22.1 Å². The minimum atomic E-state index is -0.0728. The van der Waals surface area contributed by atoms with Gasteiger partial charge >= 0.3 is 0 Å². The van der Waals surface area contributed by atoms with Crippen LogP contribution in [0.3, 0.4) is 0 Å². The number of benzene rings is 3. The monoisotopic (exact) mass is 399 g/mol. The van der Waals surface area contributed by atoms with Gasteiger partial charge in [-0.15, -0.1) is 0 Å². The first-order valence-electron chi connectivity index (χ1n) is 10.2. The molecule has 146 valence electrons. The van der Waals surface area contributed by atoms with Crippen LogP contribution in [0.15, 0.2) is 83.9 Å². The molecule has 3 nitrogen and oxygen atoms in total. The summed E-state index contributed by atoms with van der Waals surface area (Å²) >= 11 is 2.04. The lowest BCUT2D eigenvalue weighted by Gasteiger charge is -2.43. The van der Waals surface area contributed by atoms with Gasteiger partial charge in [-0.1, -0.05) is 60.7 Å². The molecule has 2 aliphatic rings. The maximum absolute atomic E-state index is 5.10. The molecule has 1 saturated heterocycles. The van der Waals surface area contributed by atoms with Gasteiger partial charge in [0, 0.05) is 0 Å². The number of hydrogen-bond acceptors (Lipinski definition) is 3. The quantitative estimate of drug-likeness (QED) is 0.562. The van der Waals surface area contributed by atoms with Crippen molar-refractivity contribution in [2.24, 2.45) is 4.99 Å². The number of fused-ring (bicyclic) bond motifs is 1. The van der Waals surface area contributed by atoms with Gasteiger partial charge in [-0.25, -0.2) is 0 Å². The highest BCUT2D eigenvalue weighted by atomic mass is 32.2. The summed E-state index contributed by atoms with van der Waals surface area (Å²) in [5.74, 6) is 3.42. The SMILES string of the molecule is c1ccc(-c2cccc(CN=C3Nc4ccccc4NC34CCSCC4)c2)cc1. The van der Waals surface area contributed by atoms with Crippen molar-refractivity contribution >= 4 is 29.0 Å². The minimum Gasteiger partial charge on any atom is -0.371 e. The van der Waals surface area contributed by atoms with Crippen molar-refractivity contribution < 1.29 is 0 Å². The summed E-state index contributed by atoms with van der Waals surface area (Å²) in [6, 6.07) is 27.7. The van der Waals surface area contributed by atoms with Gasteiger partial charge < -0.3 is 10.6 Å². The van der Waals surface area contributed by atoms with Crippen LogP contribution in [0, 0.1) is 0 Å². The van der Waals surface area contributed by atoms with Crippen molar-refractivity contribution in [3.63, 3.8) is 0 Å². The van der Waals surface area contributed by atoms with Crippen molar-refractivity contribution in [1.29, 1.82) is 0 Å². The first-order valence-corrected chi connectivity index (χ1v) is 11.4. The van der Waals surface area contributed by atoms with Gasteiger partial charge in [0.05, 0.1) is 23.5 Å². The van der Waals surface area contributed by atoms with Crippen molar-refractivity contribution in [3.8, 4) is 11.1 Å². The largest absolute Gasteiger partial charge is 0.371 e. The van der Waals surface area contributed by atoms with E-state index in [0.29, 0.717) is 6.54 Å². The van der Waals surface area contributed by atoms with E-state index in [1.807, 2.05) is 11.8 Å². The minimum absolute atomic E-state index is 0.0728. The zero-order chi connectivity index (χ0) is 19.5. The Morgan fingerprint density at radius 2 is 1.52 bits per heavy atom. The van der Waals surface area contributed by atoms with Crippen LogP contribution >= 0.6 is 11.8 Å². The van der Waals surface area contributed by atoms with Crippen molar-refractivity contribution in [3.05, 3.63) is 84.4 Å². The third kappa shape index (κ3) is 3.77. The van der Waals surface area contributed by atoms with E-state index in [1.54, 1.807) is 0 Å². The van der Waals surface area contributed by atoms with E-state index in [2.05, 4.69) is 89.5 Å². The smallest absolute Gasteiger partial charge is 0.127 e. The lowest BCUT2D eigenvalue weighted by atomic mass is 9.87. The second-order valence-electron chi connectivity index (χ2n) is 7.72. The third-order valence-electron chi connectivity index (χ3n) is 5.81. The highest BCUT2D eigenvalue weighted by Crippen LogP contribution is 2.38. The molecule has 0 saturated carbocycles. The number of rotatable bonds is 3. The first kappa shape index (κ1) is 18.3. The van der Waals surface area contributed by atoms with E-state index in [1.165, 1.54) is 33.9 Å². The fourth-order valence-electron chi connectivity index (χ4n) is 4.19. The second kappa shape index (κ2) is 7.96. The topological polar surface area (TPSA) is 36.4 Å². The van der Waals surface area contributed by atoms with Gasteiger partial charge in [-0.3, -0.25) is 4.99 Å². The summed E-state index contributed by atoms with van der Waals surface area (Å²) < 4.78 is 0. The molecule has 2 aliphatic heterocycles. The Kier molecular flexibility index (Phi) is 5.03. The van der Waals surface area contributed by atoms with Gasteiger partial charge in [-0.05, 0) is 59.2 Å². The molecule has 0 radical (unpaired) electrons. The Bertz CT molecular complexity index is 1020. The summed E-state index contributed by atoms with van der Waals surface area (Å²) in [5, 5.41) is 7.48. The zero-order valence-corrected chi connectivity index (χ0v) is 17.2. The van der Waals surface area contributed by atoms with E-state index in [0.717, 1.165) is 24.4 Å². The molecule has 29 heavy (non-hydrogen) atoms. The third-order valence-corrected chi connectivity index (χ3v) is 6.79. The number of aliphatic imine (C=N–C) groups is 1. The van der Waals surface area contributed by atoms with Crippen LogP contribution in [0.2, 0.25) is 0 Å². The molecule has 0 atom stereocenters. The maximum Gasteiger partial charge on any atom is 0.127 e. The molecule has 0 unspecified atom stereocenters. The number of thioether (sulfide) groups is 1. The Morgan fingerprint density at radius 1 is 0.793 bits per heavy atom. The van der Waals surface area contributed by atoms with Gasteiger partial charge in [0.1, 0.15) is 5.84 Å². The van der Waals surface area contributed by atoms with Crippen molar-refractivity contribution in [1.82, 2.24) is 0 Å². The average molecular weight is 400 g/mol. The molecule has 3 aromatic carbocycles. The fraction of sp³-hybridized carbons (Fsp3) is 0.240. The van der Waals surface area contributed by atoms with Crippen LogP contribution in [0.25, 0.3) is 11.1 Å². The number of hydrogen-bond donors (Lipinski definition) is 2. The highest BCUT2D eigenvalue weighted by molar-refractivity contribution is 7.99. The molecular formula is C25H25N3S.